The number of likely N-dealkylation sites (N-methyl/N-ethyl adjacent to an activating group) is 1. The van der Waals surface area contributed by atoms with Gasteiger partial charge in [-0.05, 0) is 36.4 Å². The molecule has 0 radical (unpaired) electrons. The van der Waals surface area contributed by atoms with Gasteiger partial charge < -0.3 is 14.8 Å². The number of rotatable bonds is 2. The first-order chi connectivity index (χ1) is 11.3. The van der Waals surface area contributed by atoms with E-state index in [1.807, 2.05) is 7.05 Å². The maximum Gasteiger partial charge on any atom is 0.418 e. The third kappa shape index (κ3) is 3.46. The fraction of sp³-hybridized carbons (Fsp3) is 0.353. The monoisotopic (exact) mass is 337 g/mol. The molecule has 1 aliphatic rings. The fourth-order valence-corrected chi connectivity index (χ4v) is 2.86. The molecular weight excluding hydrogens is 319 g/mol. The van der Waals surface area contributed by atoms with Crippen molar-refractivity contribution in [1.82, 2.24) is 9.88 Å². The molecule has 0 unspecified atom stereocenters. The highest BCUT2D eigenvalue weighted by Gasteiger charge is 2.35. The Labute approximate surface area is 137 Å². The van der Waals surface area contributed by atoms with Gasteiger partial charge in [-0.3, -0.25) is 4.79 Å². The van der Waals surface area contributed by atoms with Crippen LogP contribution in [0.3, 0.4) is 0 Å². The Morgan fingerprint density at radius 1 is 1.00 bits per heavy atom. The van der Waals surface area contributed by atoms with E-state index in [9.17, 15) is 18.0 Å². The van der Waals surface area contributed by atoms with E-state index in [-0.39, 0.29) is 11.2 Å². The summed E-state index contributed by atoms with van der Waals surface area (Å²) in [5.74, 6) is 0. The van der Waals surface area contributed by atoms with Gasteiger partial charge in [-0.2, -0.15) is 13.2 Å². The minimum atomic E-state index is -4.43. The van der Waals surface area contributed by atoms with Crippen LogP contribution in [0.2, 0.25) is 0 Å². The Balaban J connectivity index is 2.01. The smallest absolute Gasteiger partial charge is 0.368 e. The first-order valence-electron chi connectivity index (χ1n) is 7.68. The van der Waals surface area contributed by atoms with E-state index >= 15 is 0 Å². The SMILES string of the molecule is CN1CCN(c2ccc(-c3ccc(=O)[nH]c3)cc2C(F)(F)F)CC1. The van der Waals surface area contributed by atoms with Crippen LogP contribution in [0, 0.1) is 0 Å². The standard InChI is InChI=1S/C17H18F3N3O/c1-22-6-8-23(9-7-22)15-4-2-12(10-14(15)17(18,19)20)13-3-5-16(24)21-11-13/h2-5,10-11H,6-9H2,1H3,(H,21,24). The van der Waals surface area contributed by atoms with E-state index in [2.05, 4.69) is 9.88 Å². The van der Waals surface area contributed by atoms with E-state index in [1.54, 1.807) is 11.0 Å². The van der Waals surface area contributed by atoms with Gasteiger partial charge in [-0.1, -0.05) is 6.07 Å². The van der Waals surface area contributed by atoms with Crippen molar-refractivity contribution in [3.05, 3.63) is 52.4 Å². The molecule has 1 aliphatic heterocycles. The molecule has 1 N–H and O–H groups in total. The van der Waals surface area contributed by atoms with Crippen LogP contribution in [-0.2, 0) is 6.18 Å². The van der Waals surface area contributed by atoms with Gasteiger partial charge in [0.15, 0.2) is 0 Å². The Kier molecular flexibility index (Phi) is 4.36. The highest BCUT2D eigenvalue weighted by molar-refractivity contribution is 5.69. The zero-order valence-electron chi connectivity index (χ0n) is 13.2. The maximum atomic E-state index is 13.5. The maximum absolute atomic E-state index is 13.5. The molecule has 1 aromatic heterocycles. The lowest BCUT2D eigenvalue weighted by Crippen LogP contribution is -2.45. The zero-order valence-corrected chi connectivity index (χ0v) is 13.2. The highest BCUT2D eigenvalue weighted by Crippen LogP contribution is 2.39. The molecule has 0 amide bonds. The van der Waals surface area contributed by atoms with Crippen molar-refractivity contribution in [2.24, 2.45) is 0 Å². The van der Waals surface area contributed by atoms with Crippen LogP contribution < -0.4 is 10.5 Å². The van der Waals surface area contributed by atoms with Crippen LogP contribution in [0.25, 0.3) is 11.1 Å². The Morgan fingerprint density at radius 3 is 2.25 bits per heavy atom. The topological polar surface area (TPSA) is 39.3 Å². The fourth-order valence-electron chi connectivity index (χ4n) is 2.86. The normalized spacial score (nSPS) is 16.4. The molecule has 0 atom stereocenters. The lowest BCUT2D eigenvalue weighted by atomic mass is 10.0. The second-order valence-electron chi connectivity index (χ2n) is 5.96. The second-order valence-corrected chi connectivity index (χ2v) is 5.96. The van der Waals surface area contributed by atoms with Gasteiger partial charge in [0.1, 0.15) is 0 Å². The van der Waals surface area contributed by atoms with Crippen LogP contribution in [0.5, 0.6) is 0 Å². The number of nitrogens with zero attached hydrogens (tertiary/aromatic N) is 2. The van der Waals surface area contributed by atoms with Crippen LogP contribution in [0.4, 0.5) is 18.9 Å². The van der Waals surface area contributed by atoms with Gasteiger partial charge in [-0.25, -0.2) is 0 Å². The predicted molar refractivity (Wildman–Crippen MR) is 87.2 cm³/mol. The third-order valence-electron chi connectivity index (χ3n) is 4.26. The summed E-state index contributed by atoms with van der Waals surface area (Å²) in [6, 6.07) is 7.16. The summed E-state index contributed by atoms with van der Waals surface area (Å²) in [7, 11) is 1.96. The summed E-state index contributed by atoms with van der Waals surface area (Å²) in [6.07, 6.45) is -3.01. The Hall–Kier alpha value is -2.28. The second kappa shape index (κ2) is 6.32. The van der Waals surface area contributed by atoms with Crippen LogP contribution in [-0.4, -0.2) is 43.1 Å². The molecule has 1 fully saturated rings. The summed E-state index contributed by atoms with van der Waals surface area (Å²) in [6.45, 7) is 2.60. The van der Waals surface area contributed by atoms with Crippen molar-refractivity contribution < 1.29 is 13.2 Å². The quantitative estimate of drug-likeness (QED) is 0.916. The lowest BCUT2D eigenvalue weighted by molar-refractivity contribution is -0.137. The third-order valence-corrected chi connectivity index (χ3v) is 4.26. The van der Waals surface area contributed by atoms with Crippen molar-refractivity contribution >= 4 is 5.69 Å². The van der Waals surface area contributed by atoms with Gasteiger partial charge in [-0.15, -0.1) is 0 Å². The minimum Gasteiger partial charge on any atom is -0.368 e. The van der Waals surface area contributed by atoms with E-state index in [0.717, 1.165) is 19.2 Å². The number of alkyl halides is 3. The largest absolute Gasteiger partial charge is 0.418 e. The van der Waals surface area contributed by atoms with E-state index < -0.39 is 11.7 Å². The van der Waals surface area contributed by atoms with Crippen molar-refractivity contribution in [2.45, 2.75) is 6.18 Å². The molecule has 0 spiro atoms. The molecule has 3 rings (SSSR count). The lowest BCUT2D eigenvalue weighted by Gasteiger charge is -2.35. The summed E-state index contributed by atoms with van der Waals surface area (Å²) < 4.78 is 40.6. The number of halogens is 3. The number of hydrogen-bond acceptors (Lipinski definition) is 3. The van der Waals surface area contributed by atoms with E-state index in [1.165, 1.54) is 24.4 Å². The molecule has 128 valence electrons. The number of aromatic nitrogens is 1. The number of piperazine rings is 1. The number of pyridine rings is 1. The first kappa shape index (κ1) is 16.6. The summed E-state index contributed by atoms with van der Waals surface area (Å²) in [4.78, 5) is 17.5. The van der Waals surface area contributed by atoms with Gasteiger partial charge >= 0.3 is 6.18 Å². The Morgan fingerprint density at radius 2 is 1.67 bits per heavy atom. The highest BCUT2D eigenvalue weighted by atomic mass is 19.4. The van der Waals surface area contributed by atoms with Crippen molar-refractivity contribution in [3.63, 3.8) is 0 Å². The molecule has 2 aromatic rings. The molecule has 1 aromatic carbocycles. The van der Waals surface area contributed by atoms with Gasteiger partial charge in [0, 0.05) is 44.1 Å². The average molecular weight is 337 g/mol. The number of anilines is 1. The summed E-state index contributed by atoms with van der Waals surface area (Å²) in [5.41, 5.74) is 0.254. The summed E-state index contributed by atoms with van der Waals surface area (Å²) >= 11 is 0. The Bertz CT molecular complexity index is 757. The van der Waals surface area contributed by atoms with Crippen LogP contribution in [0.15, 0.2) is 41.3 Å². The number of hydrogen-bond donors (Lipinski definition) is 1. The molecule has 1 saturated heterocycles. The first-order valence-corrected chi connectivity index (χ1v) is 7.68. The van der Waals surface area contributed by atoms with Crippen LogP contribution in [0.1, 0.15) is 5.56 Å². The summed E-state index contributed by atoms with van der Waals surface area (Å²) in [5, 5.41) is 0. The minimum absolute atomic E-state index is 0.212. The number of H-pyrrole nitrogens is 1. The van der Waals surface area contributed by atoms with Gasteiger partial charge in [0.25, 0.3) is 0 Å². The number of benzene rings is 1. The van der Waals surface area contributed by atoms with Gasteiger partial charge in [0.2, 0.25) is 5.56 Å². The molecular formula is C17H18F3N3O. The predicted octanol–water partition coefficient (Wildman–Crippen LogP) is 2.81. The average Bonchev–Trinajstić information content (AvgIpc) is 2.55. The molecule has 2 heterocycles. The van der Waals surface area contributed by atoms with E-state index in [4.69, 9.17) is 0 Å². The molecule has 0 bridgehead atoms. The number of nitrogens with one attached hydrogen (secondary N) is 1. The molecule has 0 aliphatic carbocycles. The molecule has 4 nitrogen and oxygen atoms in total. The van der Waals surface area contributed by atoms with Gasteiger partial charge in [0.05, 0.1) is 5.56 Å². The molecule has 24 heavy (non-hydrogen) atoms. The van der Waals surface area contributed by atoms with Crippen molar-refractivity contribution in [3.8, 4) is 11.1 Å². The zero-order chi connectivity index (χ0) is 17.3. The molecule has 7 heteroatoms. The number of aromatic amines is 1. The van der Waals surface area contributed by atoms with Crippen LogP contribution >= 0.6 is 0 Å². The van der Waals surface area contributed by atoms with Crippen molar-refractivity contribution in [1.29, 1.82) is 0 Å². The molecule has 0 saturated carbocycles. The van der Waals surface area contributed by atoms with Crippen molar-refractivity contribution in [2.75, 3.05) is 38.1 Å². The van der Waals surface area contributed by atoms with E-state index in [0.29, 0.717) is 24.2 Å².